The van der Waals surface area contributed by atoms with Crippen LogP contribution in [0.1, 0.15) is 12.6 Å². The summed E-state index contributed by atoms with van der Waals surface area (Å²) in [6.07, 6.45) is 2.07. The highest BCUT2D eigenvalue weighted by Crippen LogP contribution is 2.25. The van der Waals surface area contributed by atoms with Gasteiger partial charge in [0.15, 0.2) is 0 Å². The minimum Gasteiger partial charge on any atom is -0.481 e. The van der Waals surface area contributed by atoms with Crippen LogP contribution < -0.4 is 0 Å². The van der Waals surface area contributed by atoms with Crippen molar-refractivity contribution < 1.29 is 14.3 Å². The van der Waals surface area contributed by atoms with Crippen LogP contribution in [0.3, 0.4) is 0 Å². The summed E-state index contributed by atoms with van der Waals surface area (Å²) in [5, 5.41) is 13.1. The molecule has 19 heavy (non-hydrogen) atoms. The van der Waals surface area contributed by atoms with Crippen molar-refractivity contribution in [3.05, 3.63) is 42.0 Å². The molecule has 5 heteroatoms. The van der Waals surface area contributed by atoms with E-state index in [1.54, 1.807) is 37.0 Å². The molecule has 1 atom stereocenters. The number of aryl methyl sites for hydroxylation is 1. The Kier molecular flexibility index (Phi) is 3.64. The predicted molar refractivity (Wildman–Crippen MR) is 69.1 cm³/mol. The van der Waals surface area contributed by atoms with E-state index >= 15 is 0 Å². The Hall–Kier alpha value is -2.17. The lowest BCUT2D eigenvalue weighted by atomic mass is 9.99. The van der Waals surface area contributed by atoms with Crippen LogP contribution in [-0.2, 0) is 18.3 Å². The van der Waals surface area contributed by atoms with Crippen LogP contribution in [0.4, 0.5) is 4.39 Å². The maximum absolute atomic E-state index is 12.9. The van der Waals surface area contributed by atoms with Crippen LogP contribution in [0.25, 0.3) is 11.1 Å². The molecular weight excluding hydrogens is 247 g/mol. The van der Waals surface area contributed by atoms with Crippen molar-refractivity contribution in [3.63, 3.8) is 0 Å². The zero-order valence-corrected chi connectivity index (χ0v) is 10.8. The zero-order valence-electron chi connectivity index (χ0n) is 10.8. The molecule has 0 fully saturated rings. The fraction of sp³-hybridized carbons (Fsp3) is 0.286. The lowest BCUT2D eigenvalue weighted by Gasteiger charge is -2.09. The van der Waals surface area contributed by atoms with Crippen LogP contribution in [-0.4, -0.2) is 20.9 Å². The van der Waals surface area contributed by atoms with Crippen LogP contribution in [0.2, 0.25) is 0 Å². The summed E-state index contributed by atoms with van der Waals surface area (Å²) in [6.45, 7) is 1.66. The number of benzene rings is 1. The molecule has 4 nitrogen and oxygen atoms in total. The van der Waals surface area contributed by atoms with Crippen molar-refractivity contribution in [2.45, 2.75) is 13.3 Å². The molecule has 1 unspecified atom stereocenters. The van der Waals surface area contributed by atoms with Crippen LogP contribution >= 0.6 is 0 Å². The molecular formula is C14H15FN2O2. The average molecular weight is 262 g/mol. The number of hydrogen-bond donors (Lipinski definition) is 1. The Morgan fingerprint density at radius 3 is 2.63 bits per heavy atom. The first-order valence-electron chi connectivity index (χ1n) is 5.98. The van der Waals surface area contributed by atoms with Crippen molar-refractivity contribution in [2.24, 2.45) is 13.0 Å². The van der Waals surface area contributed by atoms with Crippen molar-refractivity contribution in [2.75, 3.05) is 0 Å². The second kappa shape index (κ2) is 5.22. The first kappa shape index (κ1) is 13.3. The van der Waals surface area contributed by atoms with Gasteiger partial charge in [0.1, 0.15) is 5.82 Å². The topological polar surface area (TPSA) is 55.1 Å². The highest BCUT2D eigenvalue weighted by Gasteiger charge is 2.18. The maximum atomic E-state index is 12.9. The molecule has 1 aromatic heterocycles. The first-order valence-corrected chi connectivity index (χ1v) is 5.98. The van der Waals surface area contributed by atoms with Gasteiger partial charge in [-0.05, 0) is 17.7 Å². The monoisotopic (exact) mass is 262 g/mol. The molecule has 0 saturated carbocycles. The minimum atomic E-state index is -0.841. The standard InChI is InChI=1S/C14H15FN2O2/c1-9(14(18)19)7-13-12(8-16-17(13)2)10-3-5-11(15)6-4-10/h3-6,8-9H,7H2,1-2H3,(H,18,19). The van der Waals surface area contributed by atoms with E-state index in [2.05, 4.69) is 5.10 Å². The Bertz CT molecular complexity index is 590. The van der Waals surface area contributed by atoms with E-state index in [1.165, 1.54) is 12.1 Å². The highest BCUT2D eigenvalue weighted by atomic mass is 19.1. The lowest BCUT2D eigenvalue weighted by molar-refractivity contribution is -0.141. The van der Waals surface area contributed by atoms with Crippen molar-refractivity contribution >= 4 is 5.97 Å². The van der Waals surface area contributed by atoms with Crippen molar-refractivity contribution in [3.8, 4) is 11.1 Å². The van der Waals surface area contributed by atoms with Crippen LogP contribution in [0.15, 0.2) is 30.5 Å². The van der Waals surface area contributed by atoms with Gasteiger partial charge in [-0.25, -0.2) is 4.39 Å². The van der Waals surface area contributed by atoms with Crippen LogP contribution in [0, 0.1) is 11.7 Å². The summed E-state index contributed by atoms with van der Waals surface area (Å²) in [6, 6.07) is 6.10. The summed E-state index contributed by atoms with van der Waals surface area (Å²) in [7, 11) is 1.77. The summed E-state index contributed by atoms with van der Waals surface area (Å²) in [5.41, 5.74) is 2.51. The summed E-state index contributed by atoms with van der Waals surface area (Å²) in [4.78, 5) is 11.0. The number of rotatable bonds is 4. The van der Waals surface area contributed by atoms with E-state index in [4.69, 9.17) is 5.11 Å². The summed E-state index contributed by atoms with van der Waals surface area (Å²) < 4.78 is 14.6. The maximum Gasteiger partial charge on any atom is 0.306 e. The first-order chi connectivity index (χ1) is 8.99. The molecule has 0 aliphatic heterocycles. The smallest absolute Gasteiger partial charge is 0.306 e. The van der Waals surface area contributed by atoms with Gasteiger partial charge in [-0.3, -0.25) is 9.48 Å². The average Bonchev–Trinajstić information content (AvgIpc) is 2.72. The fourth-order valence-corrected chi connectivity index (χ4v) is 1.95. The summed E-state index contributed by atoms with van der Waals surface area (Å²) in [5.74, 6) is -1.63. The van der Waals surface area contributed by atoms with Gasteiger partial charge in [-0.2, -0.15) is 5.10 Å². The number of halogens is 1. The van der Waals surface area contributed by atoms with E-state index in [-0.39, 0.29) is 5.82 Å². The van der Waals surface area contributed by atoms with Gasteiger partial charge in [-0.1, -0.05) is 19.1 Å². The van der Waals surface area contributed by atoms with Crippen molar-refractivity contribution in [1.82, 2.24) is 9.78 Å². The molecule has 2 aromatic rings. The van der Waals surface area contributed by atoms with Crippen LogP contribution in [0.5, 0.6) is 0 Å². The second-order valence-electron chi connectivity index (χ2n) is 4.58. The fourth-order valence-electron chi connectivity index (χ4n) is 1.95. The van der Waals surface area contributed by atoms with Gasteiger partial charge in [-0.15, -0.1) is 0 Å². The molecule has 0 saturated heterocycles. The number of hydrogen-bond acceptors (Lipinski definition) is 2. The molecule has 1 aromatic carbocycles. The Morgan fingerprint density at radius 2 is 2.05 bits per heavy atom. The van der Waals surface area contributed by atoms with Gasteiger partial charge < -0.3 is 5.11 Å². The molecule has 2 rings (SSSR count). The van der Waals surface area contributed by atoms with E-state index in [9.17, 15) is 9.18 Å². The third kappa shape index (κ3) is 2.81. The molecule has 0 radical (unpaired) electrons. The predicted octanol–water partition coefficient (Wildman–Crippen LogP) is 2.49. The molecule has 100 valence electrons. The molecule has 0 aliphatic rings. The molecule has 0 amide bonds. The lowest BCUT2D eigenvalue weighted by Crippen LogP contribution is -2.15. The number of carboxylic acids is 1. The Balaban J connectivity index is 2.37. The number of carbonyl (C=O) groups is 1. The van der Waals surface area contributed by atoms with Gasteiger partial charge in [0.05, 0.1) is 12.1 Å². The van der Waals surface area contributed by atoms with E-state index < -0.39 is 11.9 Å². The Morgan fingerprint density at radius 1 is 1.42 bits per heavy atom. The van der Waals surface area contributed by atoms with E-state index in [0.29, 0.717) is 6.42 Å². The molecule has 0 aliphatic carbocycles. The minimum absolute atomic E-state index is 0.298. The summed E-state index contributed by atoms with van der Waals surface area (Å²) >= 11 is 0. The zero-order chi connectivity index (χ0) is 14.0. The number of aliphatic carboxylic acids is 1. The highest BCUT2D eigenvalue weighted by molar-refractivity contribution is 5.71. The van der Waals surface area contributed by atoms with E-state index in [0.717, 1.165) is 16.8 Å². The number of aromatic nitrogens is 2. The number of carboxylic acid groups (broad SMARTS) is 1. The molecule has 0 bridgehead atoms. The van der Waals surface area contributed by atoms with Gasteiger partial charge >= 0.3 is 5.97 Å². The Labute approximate surface area is 110 Å². The third-order valence-electron chi connectivity index (χ3n) is 3.14. The molecule has 1 N–H and O–H groups in total. The second-order valence-corrected chi connectivity index (χ2v) is 4.58. The van der Waals surface area contributed by atoms with E-state index in [1.807, 2.05) is 0 Å². The largest absolute Gasteiger partial charge is 0.481 e. The normalized spacial score (nSPS) is 12.4. The SMILES string of the molecule is CC(Cc1c(-c2ccc(F)cc2)cnn1C)C(=O)O. The third-order valence-corrected chi connectivity index (χ3v) is 3.14. The van der Waals surface area contributed by atoms with Gasteiger partial charge in [0.25, 0.3) is 0 Å². The van der Waals surface area contributed by atoms with Gasteiger partial charge in [0, 0.05) is 24.7 Å². The van der Waals surface area contributed by atoms with Gasteiger partial charge in [0.2, 0.25) is 0 Å². The quantitative estimate of drug-likeness (QED) is 0.921. The number of nitrogens with zero attached hydrogens (tertiary/aromatic N) is 2. The van der Waals surface area contributed by atoms with Crippen molar-refractivity contribution in [1.29, 1.82) is 0 Å². The molecule has 0 spiro atoms. The molecule has 1 heterocycles.